The summed E-state index contributed by atoms with van der Waals surface area (Å²) in [5.41, 5.74) is 33.8. The number of hydrogen-bond acceptors (Lipinski definition) is 2. The standard InChI is InChI=1S/C67H42N4.C55H35N3/c68-43-56-63(44-21-5-1-6-22-44)65(46-25-9-3-10-26-46)67(66(47-27-11-4-12-28-47)64(56)45-23-7-2-8-24-45)71-60-36-20-16-32-53(60)55-42-49(38-40-62(55)71)70-59-35-19-15-31-52(59)54-41-48(37-39-61(54)70)69-57-33-17-13-29-50(57)51-30-14-18-34-58(51)69;56-36-46-51(37-19-5-1-6-20-37)53(39-23-9-3-10-24-39)55(54(40-25-11-4-12-26-40)52(46)38-21-7-2-8-22-38)58-49-32-18-15-29-44(49)45-35-41(33-34-50(45)58)57-47-30-16-13-27-42(47)43-28-14-17-31-48(43)57/h1-42H;1-35H. The average molecular weight is 1640 g/mol. The summed E-state index contributed by atoms with van der Waals surface area (Å²) in [6, 6.07) is 172. The number of fused-ring (bicyclic) bond motifs is 15. The summed E-state index contributed by atoms with van der Waals surface area (Å²) < 4.78 is 12.2. The van der Waals surface area contributed by atoms with E-state index in [9.17, 15) is 10.5 Å². The van der Waals surface area contributed by atoms with Gasteiger partial charge < -0.3 is 22.8 Å². The van der Waals surface area contributed by atoms with E-state index in [2.05, 4.69) is 478 Å². The second kappa shape index (κ2) is 31.3. The van der Waals surface area contributed by atoms with Gasteiger partial charge in [0.15, 0.2) is 0 Å². The molecule has 5 heterocycles. The van der Waals surface area contributed by atoms with Gasteiger partial charge in [0, 0.05) is 115 Å². The fraction of sp³-hybridized carbons (Fsp3) is 0. The minimum Gasteiger partial charge on any atom is -0.309 e. The van der Waals surface area contributed by atoms with Gasteiger partial charge in [-0.3, -0.25) is 0 Å². The first kappa shape index (κ1) is 75.1. The molecule has 0 aliphatic heterocycles. The summed E-state index contributed by atoms with van der Waals surface area (Å²) in [6.45, 7) is 0. The van der Waals surface area contributed by atoms with Gasteiger partial charge in [-0.2, -0.15) is 10.5 Å². The molecule has 25 aromatic rings. The number of aromatic nitrogens is 5. The van der Waals surface area contributed by atoms with E-state index in [1.165, 1.54) is 54.4 Å². The Morgan fingerprint density at radius 2 is 0.295 bits per heavy atom. The number of hydrogen-bond donors (Lipinski definition) is 0. The van der Waals surface area contributed by atoms with E-state index in [4.69, 9.17) is 0 Å². The minimum atomic E-state index is 0.639. The fourth-order valence-corrected chi connectivity index (χ4v) is 20.7. The lowest BCUT2D eigenvalue weighted by atomic mass is 9.79. The molecule has 7 nitrogen and oxygen atoms in total. The Hall–Kier alpha value is -17.6. The SMILES string of the molecule is N#Cc1c(-c2ccccc2)c(-c2ccccc2)c(-n2c3ccccc3c3cc(-n4c5ccccc5c5cc(-n6c7ccccc7c7ccccc76)ccc54)ccc32)c(-c2ccccc2)c1-c1ccccc1.N#Cc1c(-c2ccccc2)c(-c2ccccc2)c(-n2c3ccccc3c3cc(-n4c5ccccc5c5ccccc54)ccc32)c(-c2ccccc2)c1-c1ccccc1. The molecule has 0 atom stereocenters. The van der Waals surface area contributed by atoms with E-state index in [1.807, 2.05) is 24.3 Å². The van der Waals surface area contributed by atoms with Crippen LogP contribution >= 0.6 is 0 Å². The predicted molar refractivity (Wildman–Crippen MR) is 537 cm³/mol. The molecule has 0 aliphatic rings. The lowest BCUT2D eigenvalue weighted by molar-refractivity contribution is 1.16. The van der Waals surface area contributed by atoms with E-state index >= 15 is 0 Å². The van der Waals surface area contributed by atoms with Crippen LogP contribution in [0.15, 0.2) is 467 Å². The Morgan fingerprint density at radius 1 is 0.140 bits per heavy atom. The van der Waals surface area contributed by atoms with Crippen molar-refractivity contribution in [1.82, 2.24) is 22.8 Å². The molecule has 600 valence electrons. The van der Waals surface area contributed by atoms with Gasteiger partial charge in [-0.1, -0.05) is 370 Å². The number of rotatable bonds is 13. The number of para-hydroxylation sites is 7. The normalized spacial score (nSPS) is 11.6. The molecule has 0 N–H and O–H groups in total. The van der Waals surface area contributed by atoms with Crippen LogP contribution in [0.2, 0.25) is 0 Å². The smallest absolute Gasteiger partial charge is 0.100 e. The van der Waals surface area contributed by atoms with Crippen molar-refractivity contribution in [3.8, 4) is 130 Å². The minimum absolute atomic E-state index is 0.639. The largest absolute Gasteiger partial charge is 0.309 e. The Bertz CT molecular complexity index is 8520. The highest BCUT2D eigenvalue weighted by Crippen LogP contribution is 2.56. The highest BCUT2D eigenvalue weighted by molar-refractivity contribution is 6.19. The molecule has 0 fully saturated rings. The van der Waals surface area contributed by atoms with Crippen LogP contribution in [0.5, 0.6) is 0 Å². The molecule has 129 heavy (non-hydrogen) atoms. The summed E-state index contributed by atoms with van der Waals surface area (Å²) in [5, 5.41) is 35.0. The van der Waals surface area contributed by atoms with Crippen LogP contribution in [-0.4, -0.2) is 22.8 Å². The average Bonchev–Trinajstić information content (AvgIpc) is 1.64. The van der Waals surface area contributed by atoms with Crippen molar-refractivity contribution >= 4 is 109 Å². The molecule has 5 aromatic heterocycles. The Balaban J connectivity index is 0.000000146. The first-order valence-electron chi connectivity index (χ1n) is 43.8. The summed E-state index contributed by atoms with van der Waals surface area (Å²) in [4.78, 5) is 0. The molecule has 0 spiro atoms. The second-order valence-corrected chi connectivity index (χ2v) is 33.0. The third-order valence-corrected chi connectivity index (χ3v) is 26.0. The lowest BCUT2D eigenvalue weighted by Gasteiger charge is -2.27. The zero-order chi connectivity index (χ0) is 85.6. The second-order valence-electron chi connectivity index (χ2n) is 33.0. The third-order valence-electron chi connectivity index (χ3n) is 26.0. The van der Waals surface area contributed by atoms with Gasteiger partial charge in [-0.15, -0.1) is 0 Å². The van der Waals surface area contributed by atoms with Gasteiger partial charge >= 0.3 is 0 Å². The maximum absolute atomic E-state index is 11.6. The van der Waals surface area contributed by atoms with Crippen molar-refractivity contribution in [1.29, 1.82) is 10.5 Å². The van der Waals surface area contributed by atoms with E-state index in [1.54, 1.807) is 0 Å². The van der Waals surface area contributed by atoms with Crippen molar-refractivity contribution in [3.63, 3.8) is 0 Å². The molecule has 20 aromatic carbocycles. The fourth-order valence-electron chi connectivity index (χ4n) is 20.7. The van der Waals surface area contributed by atoms with Crippen molar-refractivity contribution in [2.24, 2.45) is 0 Å². The summed E-state index contributed by atoms with van der Waals surface area (Å²) in [5.74, 6) is 0. The van der Waals surface area contributed by atoms with Crippen LogP contribution in [0.4, 0.5) is 0 Å². The third kappa shape index (κ3) is 12.2. The molecule has 25 rings (SSSR count). The van der Waals surface area contributed by atoms with Gasteiger partial charge in [0.2, 0.25) is 0 Å². The first-order chi connectivity index (χ1) is 64.0. The quantitative estimate of drug-likeness (QED) is 0.115. The summed E-state index contributed by atoms with van der Waals surface area (Å²) in [6.07, 6.45) is 0. The van der Waals surface area contributed by atoms with Crippen molar-refractivity contribution in [2.75, 3.05) is 0 Å². The molecule has 0 saturated heterocycles. The van der Waals surface area contributed by atoms with Gasteiger partial charge in [-0.05, 0) is 142 Å². The number of benzene rings is 20. The topological polar surface area (TPSA) is 72.2 Å². The monoisotopic (exact) mass is 1640 g/mol. The van der Waals surface area contributed by atoms with Crippen LogP contribution in [0.1, 0.15) is 11.1 Å². The van der Waals surface area contributed by atoms with Crippen LogP contribution in [-0.2, 0) is 0 Å². The summed E-state index contributed by atoms with van der Waals surface area (Å²) in [7, 11) is 0. The van der Waals surface area contributed by atoms with Gasteiger partial charge in [0.05, 0.1) is 77.7 Å². The van der Waals surface area contributed by atoms with E-state index in [0.29, 0.717) is 11.1 Å². The number of nitrogens with zero attached hydrogens (tertiary/aromatic N) is 7. The van der Waals surface area contributed by atoms with E-state index < -0.39 is 0 Å². The zero-order valence-electron chi connectivity index (χ0n) is 70.1. The highest BCUT2D eigenvalue weighted by atomic mass is 15.0. The maximum Gasteiger partial charge on any atom is 0.100 e. The van der Waals surface area contributed by atoms with Crippen molar-refractivity contribution < 1.29 is 0 Å². The molecule has 0 unspecified atom stereocenters. The molecule has 0 amide bonds. The van der Waals surface area contributed by atoms with Crippen molar-refractivity contribution in [3.05, 3.63) is 478 Å². The molecule has 0 saturated carbocycles. The van der Waals surface area contributed by atoms with Crippen LogP contribution in [0.25, 0.3) is 226 Å². The van der Waals surface area contributed by atoms with Crippen LogP contribution in [0.3, 0.4) is 0 Å². The molecule has 0 aliphatic carbocycles. The molecule has 7 heteroatoms. The Kier molecular flexibility index (Phi) is 18.2. The van der Waals surface area contributed by atoms with Gasteiger partial charge in [0.1, 0.15) is 12.1 Å². The molecule has 0 radical (unpaired) electrons. The highest BCUT2D eigenvalue weighted by Gasteiger charge is 2.34. The lowest BCUT2D eigenvalue weighted by Crippen LogP contribution is -2.07. The molecular formula is C122H77N7. The summed E-state index contributed by atoms with van der Waals surface area (Å²) >= 11 is 0. The van der Waals surface area contributed by atoms with Crippen LogP contribution < -0.4 is 0 Å². The van der Waals surface area contributed by atoms with E-state index in [0.717, 1.165) is 172 Å². The Labute approximate surface area is 745 Å². The predicted octanol–water partition coefficient (Wildman–Crippen LogP) is 31.9. The zero-order valence-corrected chi connectivity index (χ0v) is 70.1. The number of nitriles is 2. The molecular weight excluding hydrogens is 1560 g/mol. The van der Waals surface area contributed by atoms with Crippen LogP contribution in [0, 0.1) is 22.7 Å². The van der Waals surface area contributed by atoms with E-state index in [-0.39, 0.29) is 0 Å². The Morgan fingerprint density at radius 3 is 0.496 bits per heavy atom. The molecule has 0 bridgehead atoms. The van der Waals surface area contributed by atoms with Crippen molar-refractivity contribution in [2.45, 2.75) is 0 Å². The van der Waals surface area contributed by atoms with Gasteiger partial charge in [-0.25, -0.2) is 0 Å². The van der Waals surface area contributed by atoms with Gasteiger partial charge in [0.25, 0.3) is 0 Å². The maximum atomic E-state index is 11.6. The first-order valence-corrected chi connectivity index (χ1v) is 43.8.